The Kier molecular flexibility index (Phi) is 5.00. The molecule has 1 saturated heterocycles. The molecule has 1 aromatic heterocycles. The van der Waals surface area contributed by atoms with Crippen molar-refractivity contribution in [2.75, 3.05) is 23.3 Å². The van der Waals surface area contributed by atoms with Gasteiger partial charge in [-0.2, -0.15) is 0 Å². The van der Waals surface area contributed by atoms with Crippen LogP contribution in [0.25, 0.3) is 0 Å². The predicted octanol–water partition coefficient (Wildman–Crippen LogP) is 5.52. The first-order chi connectivity index (χ1) is 12.2. The van der Waals surface area contributed by atoms with Crippen molar-refractivity contribution in [2.24, 2.45) is 0 Å². The highest BCUT2D eigenvalue weighted by atomic mass is 35.5. The Morgan fingerprint density at radius 1 is 1.04 bits per heavy atom. The van der Waals surface area contributed by atoms with E-state index >= 15 is 0 Å². The van der Waals surface area contributed by atoms with Gasteiger partial charge >= 0.3 is 0 Å². The van der Waals surface area contributed by atoms with Crippen molar-refractivity contribution in [2.45, 2.75) is 44.9 Å². The number of piperidine rings is 1. The van der Waals surface area contributed by atoms with Crippen molar-refractivity contribution in [3.05, 3.63) is 44.6 Å². The van der Waals surface area contributed by atoms with Crippen LogP contribution in [0.15, 0.2) is 24.3 Å². The molecule has 1 aliphatic carbocycles. The summed E-state index contributed by atoms with van der Waals surface area (Å²) in [6.07, 6.45) is 8.38. The lowest BCUT2D eigenvalue weighted by atomic mass is 9.99. The number of benzene rings is 1. The number of carbonyl (C=O) groups excluding carboxylic acids is 1. The minimum absolute atomic E-state index is 0.0140. The SMILES string of the molecule is O=C(Nc1cc(Cl)ccc1N1CCCCC1)c1cc2c(s1)CCCC2. The van der Waals surface area contributed by atoms with E-state index in [9.17, 15) is 4.79 Å². The molecule has 2 aliphatic rings. The molecule has 0 spiro atoms. The van der Waals surface area contributed by atoms with Gasteiger partial charge in [-0.3, -0.25) is 4.79 Å². The van der Waals surface area contributed by atoms with Crippen molar-refractivity contribution >= 4 is 40.2 Å². The molecule has 3 nitrogen and oxygen atoms in total. The number of hydrogen-bond acceptors (Lipinski definition) is 3. The molecule has 25 heavy (non-hydrogen) atoms. The van der Waals surface area contributed by atoms with Gasteiger partial charge in [-0.15, -0.1) is 11.3 Å². The van der Waals surface area contributed by atoms with E-state index in [1.165, 1.54) is 42.5 Å². The first kappa shape index (κ1) is 16.9. The Labute approximate surface area is 158 Å². The molecule has 0 atom stereocenters. The van der Waals surface area contributed by atoms with Gasteiger partial charge in [0, 0.05) is 23.0 Å². The second kappa shape index (κ2) is 7.38. The van der Waals surface area contributed by atoms with Crippen molar-refractivity contribution in [3.63, 3.8) is 0 Å². The minimum atomic E-state index is -0.0140. The minimum Gasteiger partial charge on any atom is -0.370 e. The van der Waals surface area contributed by atoms with Gasteiger partial charge < -0.3 is 10.2 Å². The standard InChI is InChI=1S/C20H23ClN2OS/c21-15-8-9-17(23-10-4-1-5-11-23)16(13-15)22-20(24)19-12-14-6-2-3-7-18(14)25-19/h8-9,12-13H,1-7,10-11H2,(H,22,24). The van der Waals surface area contributed by atoms with E-state index in [2.05, 4.69) is 16.3 Å². The highest BCUT2D eigenvalue weighted by Gasteiger charge is 2.20. The summed E-state index contributed by atoms with van der Waals surface area (Å²) in [5.41, 5.74) is 3.27. The number of hydrogen-bond donors (Lipinski definition) is 1. The van der Waals surface area contributed by atoms with E-state index in [0.717, 1.165) is 42.2 Å². The molecule has 0 radical (unpaired) electrons. The predicted molar refractivity (Wildman–Crippen MR) is 106 cm³/mol. The Morgan fingerprint density at radius 3 is 2.64 bits per heavy atom. The molecule has 0 saturated carbocycles. The number of thiophene rings is 1. The van der Waals surface area contributed by atoms with E-state index in [4.69, 9.17) is 11.6 Å². The molecule has 132 valence electrons. The van der Waals surface area contributed by atoms with E-state index < -0.39 is 0 Å². The molecule has 2 aromatic rings. The molecule has 1 aliphatic heterocycles. The summed E-state index contributed by atoms with van der Waals surface area (Å²) < 4.78 is 0. The maximum absolute atomic E-state index is 12.8. The topological polar surface area (TPSA) is 32.3 Å². The molecular formula is C20H23ClN2OS. The van der Waals surface area contributed by atoms with Gasteiger partial charge in [0.15, 0.2) is 0 Å². The van der Waals surface area contributed by atoms with Crippen LogP contribution in [0.2, 0.25) is 5.02 Å². The Balaban J connectivity index is 1.57. The summed E-state index contributed by atoms with van der Waals surface area (Å²) in [6, 6.07) is 7.89. The van der Waals surface area contributed by atoms with Crippen LogP contribution in [0, 0.1) is 0 Å². The average molecular weight is 375 g/mol. The van der Waals surface area contributed by atoms with Crippen LogP contribution in [0.4, 0.5) is 11.4 Å². The first-order valence-electron chi connectivity index (χ1n) is 9.18. The maximum atomic E-state index is 12.8. The molecule has 1 N–H and O–H groups in total. The molecule has 2 heterocycles. The zero-order valence-electron chi connectivity index (χ0n) is 14.3. The van der Waals surface area contributed by atoms with Crippen molar-refractivity contribution in [3.8, 4) is 0 Å². The third-order valence-electron chi connectivity index (χ3n) is 5.12. The molecule has 0 unspecified atom stereocenters. The molecule has 1 amide bonds. The van der Waals surface area contributed by atoms with Crippen LogP contribution in [0.5, 0.6) is 0 Å². The lowest BCUT2D eigenvalue weighted by molar-refractivity contribution is 0.103. The van der Waals surface area contributed by atoms with Crippen LogP contribution in [-0.2, 0) is 12.8 Å². The van der Waals surface area contributed by atoms with Gasteiger partial charge in [-0.1, -0.05) is 11.6 Å². The highest BCUT2D eigenvalue weighted by molar-refractivity contribution is 7.14. The summed E-state index contributed by atoms with van der Waals surface area (Å²) >= 11 is 7.85. The number of nitrogens with zero attached hydrogens (tertiary/aromatic N) is 1. The monoisotopic (exact) mass is 374 g/mol. The number of rotatable bonds is 3. The lowest BCUT2D eigenvalue weighted by Crippen LogP contribution is -2.30. The smallest absolute Gasteiger partial charge is 0.265 e. The first-order valence-corrected chi connectivity index (χ1v) is 10.4. The van der Waals surface area contributed by atoms with Crippen molar-refractivity contribution in [1.82, 2.24) is 0 Å². The van der Waals surface area contributed by atoms with Crippen LogP contribution in [0.3, 0.4) is 0 Å². The van der Waals surface area contributed by atoms with Crippen LogP contribution < -0.4 is 10.2 Å². The molecule has 5 heteroatoms. The second-order valence-electron chi connectivity index (χ2n) is 6.93. The zero-order valence-corrected chi connectivity index (χ0v) is 15.9. The summed E-state index contributed by atoms with van der Waals surface area (Å²) in [5.74, 6) is -0.0140. The summed E-state index contributed by atoms with van der Waals surface area (Å²) in [7, 11) is 0. The van der Waals surface area contributed by atoms with E-state index in [0.29, 0.717) is 5.02 Å². The number of nitrogens with one attached hydrogen (secondary N) is 1. The van der Waals surface area contributed by atoms with Crippen LogP contribution in [0.1, 0.15) is 52.2 Å². The van der Waals surface area contributed by atoms with Crippen LogP contribution in [-0.4, -0.2) is 19.0 Å². The number of aryl methyl sites for hydroxylation is 2. The van der Waals surface area contributed by atoms with Gasteiger partial charge in [-0.05, 0) is 74.8 Å². The van der Waals surface area contributed by atoms with Gasteiger partial charge in [0.25, 0.3) is 5.91 Å². The number of carbonyl (C=O) groups is 1. The van der Waals surface area contributed by atoms with Crippen LogP contribution >= 0.6 is 22.9 Å². The van der Waals surface area contributed by atoms with Crippen molar-refractivity contribution < 1.29 is 4.79 Å². The zero-order chi connectivity index (χ0) is 17.2. The van der Waals surface area contributed by atoms with E-state index in [1.807, 2.05) is 18.2 Å². The van der Waals surface area contributed by atoms with Gasteiger partial charge in [0.05, 0.1) is 16.3 Å². The van der Waals surface area contributed by atoms with Gasteiger partial charge in [0.2, 0.25) is 0 Å². The Bertz CT molecular complexity index is 756. The van der Waals surface area contributed by atoms with Crippen molar-refractivity contribution in [1.29, 1.82) is 0 Å². The Morgan fingerprint density at radius 2 is 1.84 bits per heavy atom. The maximum Gasteiger partial charge on any atom is 0.265 e. The number of anilines is 2. The third-order valence-corrected chi connectivity index (χ3v) is 6.59. The third kappa shape index (κ3) is 3.70. The van der Waals surface area contributed by atoms with E-state index in [1.54, 1.807) is 11.3 Å². The van der Waals surface area contributed by atoms with E-state index in [-0.39, 0.29) is 5.91 Å². The second-order valence-corrected chi connectivity index (χ2v) is 8.50. The molecular weight excluding hydrogens is 352 g/mol. The highest BCUT2D eigenvalue weighted by Crippen LogP contribution is 2.33. The number of fused-ring (bicyclic) bond motifs is 1. The number of halogens is 1. The summed E-state index contributed by atoms with van der Waals surface area (Å²) in [6.45, 7) is 2.08. The average Bonchev–Trinajstić information content (AvgIpc) is 3.07. The Hall–Kier alpha value is -1.52. The lowest BCUT2D eigenvalue weighted by Gasteiger charge is -2.30. The molecule has 1 fully saturated rings. The summed E-state index contributed by atoms with van der Waals surface area (Å²) in [5, 5.41) is 3.77. The van der Waals surface area contributed by atoms with Gasteiger partial charge in [0.1, 0.15) is 0 Å². The quantitative estimate of drug-likeness (QED) is 0.766. The molecule has 0 bridgehead atoms. The fourth-order valence-corrected chi connectivity index (χ4v) is 5.13. The molecule has 4 rings (SSSR count). The largest absolute Gasteiger partial charge is 0.370 e. The summed E-state index contributed by atoms with van der Waals surface area (Å²) in [4.78, 5) is 17.4. The number of amides is 1. The molecule has 1 aromatic carbocycles. The normalized spacial score (nSPS) is 17.2. The fourth-order valence-electron chi connectivity index (χ4n) is 3.81. The fraction of sp³-hybridized carbons (Fsp3) is 0.450. The van der Waals surface area contributed by atoms with Gasteiger partial charge in [-0.25, -0.2) is 0 Å².